The van der Waals surface area contributed by atoms with Crippen LogP contribution < -0.4 is 16.2 Å². The van der Waals surface area contributed by atoms with Crippen molar-refractivity contribution in [3.05, 3.63) is 59.7 Å². The van der Waals surface area contributed by atoms with Crippen molar-refractivity contribution in [3.8, 4) is 5.75 Å². The fourth-order valence-corrected chi connectivity index (χ4v) is 4.83. The molecule has 3 rings (SSSR count). The molecule has 1 aliphatic rings. The zero-order chi connectivity index (χ0) is 28.3. The largest absolute Gasteiger partial charge is 0.462 e. The Morgan fingerprint density at radius 3 is 2.36 bits per heavy atom. The van der Waals surface area contributed by atoms with Gasteiger partial charge >= 0.3 is 11.9 Å². The predicted molar refractivity (Wildman–Crippen MR) is 156 cm³/mol. The van der Waals surface area contributed by atoms with Crippen molar-refractivity contribution in [3.63, 3.8) is 0 Å². The molecule has 1 fully saturated rings. The van der Waals surface area contributed by atoms with Crippen LogP contribution in [0.4, 0.5) is 11.4 Å². The van der Waals surface area contributed by atoms with Gasteiger partial charge < -0.3 is 25.7 Å². The van der Waals surface area contributed by atoms with Crippen molar-refractivity contribution in [2.45, 2.75) is 83.7 Å². The molecule has 7 heteroatoms. The molecule has 4 N–H and O–H groups in total. The summed E-state index contributed by atoms with van der Waals surface area (Å²) in [5.41, 5.74) is 14.2. The van der Waals surface area contributed by atoms with Gasteiger partial charge in [-0.25, -0.2) is 4.79 Å². The van der Waals surface area contributed by atoms with Crippen molar-refractivity contribution in [1.82, 2.24) is 0 Å². The SMILES string of the molecule is CCCCCCOC1CCC(C(=O)Oc2ccc(C=CC(=O)OCC(C)(C)c3ccc(N)cc3N)cc2)CC1. The second-order valence-corrected chi connectivity index (χ2v) is 11.1. The van der Waals surface area contributed by atoms with E-state index in [1.165, 1.54) is 25.3 Å². The maximum absolute atomic E-state index is 12.6. The van der Waals surface area contributed by atoms with E-state index in [0.717, 1.165) is 49.8 Å². The van der Waals surface area contributed by atoms with Crippen molar-refractivity contribution < 1.29 is 23.8 Å². The van der Waals surface area contributed by atoms with Gasteiger partial charge in [-0.05, 0) is 73.6 Å². The van der Waals surface area contributed by atoms with Crippen LogP contribution in [0.1, 0.15) is 83.3 Å². The first kappa shape index (κ1) is 30.2. The van der Waals surface area contributed by atoms with Crippen molar-refractivity contribution in [2.75, 3.05) is 24.7 Å². The summed E-state index contributed by atoms with van der Waals surface area (Å²) in [4.78, 5) is 25.0. The zero-order valence-corrected chi connectivity index (χ0v) is 23.6. The minimum atomic E-state index is -0.465. The highest BCUT2D eigenvalue weighted by molar-refractivity contribution is 5.87. The molecule has 1 aliphatic carbocycles. The summed E-state index contributed by atoms with van der Waals surface area (Å²) < 4.78 is 17.1. The summed E-state index contributed by atoms with van der Waals surface area (Å²) in [5.74, 6) is -0.232. The highest BCUT2D eigenvalue weighted by Gasteiger charge is 2.28. The fourth-order valence-electron chi connectivity index (χ4n) is 4.83. The van der Waals surface area contributed by atoms with Crippen LogP contribution >= 0.6 is 0 Å². The molecule has 1 saturated carbocycles. The van der Waals surface area contributed by atoms with Crippen LogP contribution in [0.3, 0.4) is 0 Å². The Kier molecular flexibility index (Phi) is 11.4. The molecular weight excluding hydrogens is 492 g/mol. The first-order valence-corrected chi connectivity index (χ1v) is 14.1. The second kappa shape index (κ2) is 14.7. The predicted octanol–water partition coefficient (Wildman–Crippen LogP) is 6.45. The molecule has 2 aromatic carbocycles. The van der Waals surface area contributed by atoms with Gasteiger partial charge in [0.05, 0.1) is 12.0 Å². The Labute approximate surface area is 232 Å². The van der Waals surface area contributed by atoms with Crippen LogP contribution in [-0.2, 0) is 24.5 Å². The van der Waals surface area contributed by atoms with Crippen LogP contribution in [0.5, 0.6) is 5.75 Å². The molecule has 0 heterocycles. The van der Waals surface area contributed by atoms with Crippen LogP contribution in [0.25, 0.3) is 6.08 Å². The third-order valence-electron chi connectivity index (χ3n) is 7.25. The summed E-state index contributed by atoms with van der Waals surface area (Å²) in [6.07, 6.45) is 11.5. The van der Waals surface area contributed by atoms with Gasteiger partial charge in [-0.2, -0.15) is 0 Å². The van der Waals surface area contributed by atoms with Gasteiger partial charge in [-0.15, -0.1) is 0 Å². The Morgan fingerprint density at radius 1 is 0.974 bits per heavy atom. The number of rotatable bonds is 13. The van der Waals surface area contributed by atoms with Gasteiger partial charge in [0.1, 0.15) is 12.4 Å². The highest BCUT2D eigenvalue weighted by atomic mass is 16.5. The molecule has 0 unspecified atom stereocenters. The van der Waals surface area contributed by atoms with Crippen LogP contribution in [0.15, 0.2) is 48.5 Å². The number of hydrogen-bond acceptors (Lipinski definition) is 7. The molecule has 0 aromatic heterocycles. The maximum Gasteiger partial charge on any atom is 0.330 e. The highest BCUT2D eigenvalue weighted by Crippen LogP contribution is 2.30. The molecule has 0 radical (unpaired) electrons. The molecular formula is C32H44N2O5. The normalized spacial score (nSPS) is 17.7. The van der Waals surface area contributed by atoms with Gasteiger partial charge in [0.25, 0.3) is 0 Å². The Bertz CT molecular complexity index is 1100. The summed E-state index contributed by atoms with van der Waals surface area (Å²) >= 11 is 0. The lowest BCUT2D eigenvalue weighted by Crippen LogP contribution is -2.29. The van der Waals surface area contributed by atoms with E-state index in [2.05, 4.69) is 6.92 Å². The number of hydrogen-bond donors (Lipinski definition) is 2. The first-order chi connectivity index (χ1) is 18.7. The van der Waals surface area contributed by atoms with Crippen LogP contribution in [-0.4, -0.2) is 31.3 Å². The van der Waals surface area contributed by atoms with E-state index in [4.69, 9.17) is 25.7 Å². The molecule has 212 valence electrons. The molecule has 0 atom stereocenters. The summed E-state index contributed by atoms with van der Waals surface area (Å²) in [6.45, 7) is 7.11. The van der Waals surface area contributed by atoms with E-state index in [-0.39, 0.29) is 24.6 Å². The summed E-state index contributed by atoms with van der Waals surface area (Å²) in [5, 5.41) is 0. The van der Waals surface area contributed by atoms with E-state index >= 15 is 0 Å². The minimum Gasteiger partial charge on any atom is -0.462 e. The molecule has 7 nitrogen and oxygen atoms in total. The first-order valence-electron chi connectivity index (χ1n) is 14.1. The molecule has 39 heavy (non-hydrogen) atoms. The number of benzene rings is 2. The van der Waals surface area contributed by atoms with Crippen molar-refractivity contribution >= 4 is 29.4 Å². The smallest absolute Gasteiger partial charge is 0.330 e. The van der Waals surface area contributed by atoms with Gasteiger partial charge in [0.15, 0.2) is 0 Å². The average Bonchev–Trinajstić information content (AvgIpc) is 2.91. The van der Waals surface area contributed by atoms with E-state index in [1.807, 2.05) is 19.9 Å². The minimum absolute atomic E-state index is 0.0906. The summed E-state index contributed by atoms with van der Waals surface area (Å²) in [7, 11) is 0. The van der Waals surface area contributed by atoms with Crippen molar-refractivity contribution in [2.24, 2.45) is 5.92 Å². The number of nitrogen functional groups attached to an aromatic ring is 2. The van der Waals surface area contributed by atoms with Gasteiger partial charge in [0, 0.05) is 29.5 Å². The van der Waals surface area contributed by atoms with Crippen molar-refractivity contribution in [1.29, 1.82) is 0 Å². The van der Waals surface area contributed by atoms with Crippen LogP contribution in [0, 0.1) is 5.92 Å². The lowest BCUT2D eigenvalue weighted by atomic mass is 9.84. The maximum atomic E-state index is 12.6. The van der Waals surface area contributed by atoms with E-state index < -0.39 is 11.4 Å². The Hall–Kier alpha value is -3.32. The van der Waals surface area contributed by atoms with Gasteiger partial charge in [-0.3, -0.25) is 4.79 Å². The van der Waals surface area contributed by atoms with E-state index in [9.17, 15) is 9.59 Å². The molecule has 0 aliphatic heterocycles. The third-order valence-corrected chi connectivity index (χ3v) is 7.25. The van der Waals surface area contributed by atoms with E-state index in [1.54, 1.807) is 42.5 Å². The molecule has 2 aromatic rings. The average molecular weight is 537 g/mol. The zero-order valence-electron chi connectivity index (χ0n) is 23.6. The topological polar surface area (TPSA) is 114 Å². The third kappa shape index (κ3) is 9.74. The van der Waals surface area contributed by atoms with Gasteiger partial charge in [0.2, 0.25) is 0 Å². The van der Waals surface area contributed by atoms with E-state index in [0.29, 0.717) is 17.1 Å². The van der Waals surface area contributed by atoms with Gasteiger partial charge in [-0.1, -0.05) is 58.2 Å². The number of esters is 2. The Balaban J connectivity index is 1.40. The number of carbonyl (C=O) groups excluding carboxylic acids is 2. The lowest BCUT2D eigenvalue weighted by molar-refractivity contribution is -0.141. The number of carbonyl (C=O) groups is 2. The second-order valence-electron chi connectivity index (χ2n) is 11.1. The Morgan fingerprint density at radius 2 is 1.69 bits per heavy atom. The number of ether oxygens (including phenoxy) is 3. The van der Waals surface area contributed by atoms with Crippen LogP contribution in [0.2, 0.25) is 0 Å². The molecule has 0 bridgehead atoms. The summed E-state index contributed by atoms with van der Waals surface area (Å²) in [6, 6.07) is 12.4. The lowest BCUT2D eigenvalue weighted by Gasteiger charge is -2.27. The molecule has 0 spiro atoms. The molecule has 0 amide bonds. The fraction of sp³-hybridized carbons (Fsp3) is 0.500. The standard InChI is InChI=1S/C32H44N2O5/c1-4-5-6-7-20-37-26-16-11-24(12-17-26)31(36)39-27-14-8-23(9-15-27)10-19-30(35)38-22-32(2,3)28-18-13-25(33)21-29(28)34/h8-10,13-15,18-19,21,24,26H,4-7,11-12,16-17,20,22,33-34H2,1-3H3. The number of anilines is 2. The monoisotopic (exact) mass is 536 g/mol. The quantitative estimate of drug-likeness (QED) is 0.0994. The molecule has 0 saturated heterocycles. The number of nitrogens with two attached hydrogens (primary N) is 2. The number of unbranched alkanes of at least 4 members (excludes halogenated alkanes) is 3.